The number of benzene rings is 9. The molecule has 3 heteroatoms. The Morgan fingerprint density at radius 2 is 0.742 bits per heavy atom. The highest BCUT2D eigenvalue weighted by Gasteiger charge is 2.23. The molecule has 0 bridgehead atoms. The normalized spacial score (nSPS) is 11.2. The van der Waals surface area contributed by atoms with Gasteiger partial charge in [0.15, 0.2) is 0 Å². The van der Waals surface area contributed by atoms with Crippen LogP contribution in [0.1, 0.15) is 0 Å². The van der Waals surface area contributed by atoms with Gasteiger partial charge in [-0.3, -0.25) is 0 Å². The predicted octanol–water partition coefficient (Wildman–Crippen LogP) is 16.0. The van der Waals surface area contributed by atoms with Crippen molar-refractivity contribution in [2.45, 2.75) is 0 Å². The van der Waals surface area contributed by atoms with Crippen LogP contribution >= 0.6 is 0 Å². The SMILES string of the molecule is c1ccc(-c2ccc(N(c3cc(-c4ccccc4)cc(-c4ccccc4)c3)c3ccc4c(c3)cc(-c3ccccc3)n3nc(-c5ccccc5)c(-c5ccccc5)c43)cc2)cc1. The highest BCUT2D eigenvalue weighted by atomic mass is 15.2. The van der Waals surface area contributed by atoms with Crippen molar-refractivity contribution in [3.63, 3.8) is 0 Å². The molecule has 0 atom stereocenters. The van der Waals surface area contributed by atoms with E-state index < -0.39 is 0 Å². The topological polar surface area (TPSA) is 20.5 Å². The monoisotopic (exact) mass is 791 g/mol. The Morgan fingerprint density at radius 3 is 1.27 bits per heavy atom. The van der Waals surface area contributed by atoms with Gasteiger partial charge in [-0.15, -0.1) is 0 Å². The van der Waals surface area contributed by atoms with Crippen molar-refractivity contribution >= 4 is 33.4 Å². The zero-order chi connectivity index (χ0) is 41.2. The molecule has 0 aliphatic rings. The molecule has 62 heavy (non-hydrogen) atoms. The Kier molecular flexibility index (Phi) is 9.53. The third kappa shape index (κ3) is 6.92. The number of nitrogens with zero attached hydrogens (tertiary/aromatic N) is 3. The number of aromatic nitrogens is 2. The van der Waals surface area contributed by atoms with Crippen LogP contribution in [-0.4, -0.2) is 9.61 Å². The molecule has 9 aromatic carbocycles. The molecule has 0 aliphatic heterocycles. The van der Waals surface area contributed by atoms with Gasteiger partial charge in [0.05, 0.1) is 11.2 Å². The Hall–Kier alpha value is -8.27. The largest absolute Gasteiger partial charge is 0.310 e. The van der Waals surface area contributed by atoms with Crippen molar-refractivity contribution in [3.05, 3.63) is 249 Å². The maximum atomic E-state index is 5.45. The lowest BCUT2D eigenvalue weighted by atomic mass is 9.96. The number of pyridine rings is 1. The van der Waals surface area contributed by atoms with E-state index in [9.17, 15) is 0 Å². The van der Waals surface area contributed by atoms with Crippen molar-refractivity contribution in [1.29, 1.82) is 0 Å². The average molecular weight is 792 g/mol. The standard InChI is InChI=1S/C59H41N3/c1-7-19-42(20-8-1)45-31-33-52(34-32-45)61(54-38-49(43-21-9-2-10-22-43)37-50(39-54)44-23-11-3-12-24-44)53-35-36-55-51(40-53)41-56(46-25-13-4-14-26-46)62-59(55)57(47-27-15-5-16-28-47)58(60-62)48-29-17-6-18-30-48/h1-41H. The molecule has 292 valence electrons. The van der Waals surface area contributed by atoms with Crippen molar-refractivity contribution in [2.24, 2.45) is 0 Å². The first-order chi connectivity index (χ1) is 30.7. The van der Waals surface area contributed by atoms with Gasteiger partial charge in [-0.25, -0.2) is 4.52 Å². The summed E-state index contributed by atoms with van der Waals surface area (Å²) in [6.45, 7) is 0. The summed E-state index contributed by atoms with van der Waals surface area (Å²) >= 11 is 0. The van der Waals surface area contributed by atoms with E-state index in [1.807, 2.05) is 0 Å². The summed E-state index contributed by atoms with van der Waals surface area (Å²) in [5.41, 5.74) is 17.7. The van der Waals surface area contributed by atoms with Crippen molar-refractivity contribution in [2.75, 3.05) is 4.90 Å². The molecule has 11 rings (SSSR count). The molecule has 0 saturated carbocycles. The van der Waals surface area contributed by atoms with Crippen molar-refractivity contribution in [1.82, 2.24) is 9.61 Å². The van der Waals surface area contributed by atoms with E-state index >= 15 is 0 Å². The van der Waals surface area contributed by atoms with Crippen molar-refractivity contribution in [3.8, 4) is 67.0 Å². The first kappa shape index (κ1) is 36.8. The van der Waals surface area contributed by atoms with Crippen molar-refractivity contribution < 1.29 is 0 Å². The summed E-state index contributed by atoms with van der Waals surface area (Å²) in [6, 6.07) is 89.0. The number of hydrogen-bond donors (Lipinski definition) is 0. The minimum Gasteiger partial charge on any atom is -0.310 e. The van der Waals surface area contributed by atoms with E-state index in [0.717, 1.165) is 78.1 Å². The lowest BCUT2D eigenvalue weighted by Gasteiger charge is -2.27. The van der Waals surface area contributed by atoms with E-state index in [2.05, 4.69) is 258 Å². The van der Waals surface area contributed by atoms with Gasteiger partial charge < -0.3 is 4.90 Å². The zero-order valence-corrected chi connectivity index (χ0v) is 34.0. The van der Waals surface area contributed by atoms with Crippen LogP contribution in [0.2, 0.25) is 0 Å². The zero-order valence-electron chi connectivity index (χ0n) is 34.0. The second-order valence-corrected chi connectivity index (χ2v) is 15.6. The van der Waals surface area contributed by atoms with Gasteiger partial charge in [0.25, 0.3) is 0 Å². The molecular weight excluding hydrogens is 751 g/mol. The molecule has 3 nitrogen and oxygen atoms in total. The van der Waals surface area contributed by atoms with Gasteiger partial charge in [-0.05, 0) is 92.9 Å². The molecule has 2 aromatic heterocycles. The van der Waals surface area contributed by atoms with Gasteiger partial charge in [0.2, 0.25) is 0 Å². The third-order valence-electron chi connectivity index (χ3n) is 11.8. The highest BCUT2D eigenvalue weighted by Crippen LogP contribution is 2.45. The average Bonchev–Trinajstić information content (AvgIpc) is 3.77. The van der Waals surface area contributed by atoms with Gasteiger partial charge >= 0.3 is 0 Å². The molecule has 0 N–H and O–H groups in total. The van der Waals surface area contributed by atoms with Gasteiger partial charge in [-0.1, -0.05) is 200 Å². The molecule has 0 aliphatic carbocycles. The van der Waals surface area contributed by atoms with Crippen LogP contribution < -0.4 is 4.90 Å². The van der Waals surface area contributed by atoms with E-state index in [-0.39, 0.29) is 0 Å². The second kappa shape index (κ2) is 16.1. The maximum absolute atomic E-state index is 5.45. The number of rotatable bonds is 9. The van der Waals surface area contributed by atoms with Crippen LogP contribution in [0.4, 0.5) is 17.1 Å². The lowest BCUT2D eigenvalue weighted by molar-refractivity contribution is 0.979. The summed E-state index contributed by atoms with van der Waals surface area (Å²) in [5.74, 6) is 0. The molecule has 0 amide bonds. The van der Waals surface area contributed by atoms with Crippen LogP contribution in [0.25, 0.3) is 83.3 Å². The van der Waals surface area contributed by atoms with E-state index in [1.165, 1.54) is 22.3 Å². The van der Waals surface area contributed by atoms with Crippen LogP contribution in [0.15, 0.2) is 249 Å². The Balaban J connectivity index is 1.18. The van der Waals surface area contributed by atoms with E-state index in [4.69, 9.17) is 5.10 Å². The van der Waals surface area contributed by atoms with E-state index in [0.29, 0.717) is 0 Å². The van der Waals surface area contributed by atoms with Gasteiger partial charge in [0.1, 0.15) is 5.69 Å². The lowest BCUT2D eigenvalue weighted by Crippen LogP contribution is -2.10. The van der Waals surface area contributed by atoms with Crippen LogP contribution in [0.3, 0.4) is 0 Å². The summed E-state index contributed by atoms with van der Waals surface area (Å²) in [4.78, 5) is 2.41. The Labute approximate surface area is 362 Å². The molecule has 0 spiro atoms. The molecule has 11 aromatic rings. The fourth-order valence-electron chi connectivity index (χ4n) is 8.78. The molecular formula is C59H41N3. The number of hydrogen-bond acceptors (Lipinski definition) is 2. The van der Waals surface area contributed by atoms with Crippen LogP contribution in [-0.2, 0) is 0 Å². The quantitative estimate of drug-likeness (QED) is 0.145. The summed E-state index contributed by atoms with van der Waals surface area (Å²) < 4.78 is 2.16. The first-order valence-corrected chi connectivity index (χ1v) is 21.1. The first-order valence-electron chi connectivity index (χ1n) is 21.1. The summed E-state index contributed by atoms with van der Waals surface area (Å²) in [6.07, 6.45) is 0. The minimum absolute atomic E-state index is 0.955. The van der Waals surface area contributed by atoms with Gasteiger partial charge in [-0.2, -0.15) is 5.10 Å². The summed E-state index contributed by atoms with van der Waals surface area (Å²) in [5, 5.41) is 7.71. The van der Waals surface area contributed by atoms with Gasteiger partial charge in [0, 0.05) is 39.1 Å². The predicted molar refractivity (Wildman–Crippen MR) is 260 cm³/mol. The summed E-state index contributed by atoms with van der Waals surface area (Å²) in [7, 11) is 0. The Bertz CT molecular complexity index is 3230. The second-order valence-electron chi connectivity index (χ2n) is 15.6. The fourth-order valence-corrected chi connectivity index (χ4v) is 8.78. The fraction of sp³-hybridized carbons (Fsp3) is 0. The third-order valence-corrected chi connectivity index (χ3v) is 11.8. The highest BCUT2D eigenvalue weighted by molar-refractivity contribution is 6.09. The molecule has 0 radical (unpaired) electrons. The minimum atomic E-state index is 0.955. The smallest absolute Gasteiger partial charge is 0.101 e. The molecule has 0 saturated heterocycles. The number of anilines is 3. The van der Waals surface area contributed by atoms with Crippen LogP contribution in [0.5, 0.6) is 0 Å². The molecule has 0 fully saturated rings. The van der Waals surface area contributed by atoms with Crippen LogP contribution in [0, 0.1) is 0 Å². The molecule has 2 heterocycles. The maximum Gasteiger partial charge on any atom is 0.101 e. The Morgan fingerprint density at radius 1 is 0.306 bits per heavy atom. The number of fused-ring (bicyclic) bond motifs is 3. The molecule has 0 unspecified atom stereocenters. The van der Waals surface area contributed by atoms with E-state index in [1.54, 1.807) is 0 Å².